The number of carbonyl (C=O) groups is 3. The number of nitrogens with zero attached hydrogens (tertiary/aromatic N) is 4. The number of carbonyl (C=O) groups excluding carboxylic acids is 3. The van der Waals surface area contributed by atoms with Crippen molar-refractivity contribution in [1.29, 1.82) is 0 Å². The van der Waals surface area contributed by atoms with E-state index in [1.54, 1.807) is 4.90 Å². The Bertz CT molecular complexity index is 1470. The fourth-order valence-corrected chi connectivity index (χ4v) is 7.62. The number of piperazine rings is 1. The number of ether oxygens (including phenoxy) is 1. The highest BCUT2D eigenvalue weighted by atomic mass is 35.5. The number of urea groups is 1. The summed E-state index contributed by atoms with van der Waals surface area (Å²) in [5, 5.41) is 5.88. The fraction of sp³-hybridized carbons (Fsp3) is 0.559. The third kappa shape index (κ3) is 8.01. The maximum atomic E-state index is 13.9. The molecule has 6 rings (SSSR count). The van der Waals surface area contributed by atoms with Gasteiger partial charge in [-0.3, -0.25) is 9.69 Å². The molecule has 10 nitrogen and oxygen atoms in total. The van der Waals surface area contributed by atoms with Crippen LogP contribution in [0.15, 0.2) is 42.5 Å². The van der Waals surface area contributed by atoms with E-state index in [2.05, 4.69) is 15.5 Å². The molecule has 4 aliphatic heterocycles. The van der Waals surface area contributed by atoms with Crippen molar-refractivity contribution in [3.63, 3.8) is 0 Å². The Balaban J connectivity index is 1.10. The zero-order valence-corrected chi connectivity index (χ0v) is 27.6. The third-order valence-corrected chi connectivity index (χ3v) is 10.3. The summed E-state index contributed by atoms with van der Waals surface area (Å²) in [5.41, 5.74) is 1.28. The molecule has 0 spiro atoms. The van der Waals surface area contributed by atoms with Crippen LogP contribution < -0.4 is 10.6 Å². The highest BCUT2D eigenvalue weighted by Gasteiger charge is 2.37. The molecule has 2 aromatic carbocycles. The lowest BCUT2D eigenvalue weighted by Gasteiger charge is -2.41. The molecule has 14 heteroatoms. The first-order valence-corrected chi connectivity index (χ1v) is 17.1. The number of piperidine rings is 2. The van der Waals surface area contributed by atoms with Gasteiger partial charge in [0, 0.05) is 83.1 Å². The smallest absolute Gasteiger partial charge is 0.417 e. The number of hydrogen-bond donors (Lipinski definition) is 2. The Labute approximate surface area is 283 Å². The molecule has 260 valence electrons. The summed E-state index contributed by atoms with van der Waals surface area (Å²) in [7, 11) is 0. The van der Waals surface area contributed by atoms with E-state index in [4.69, 9.17) is 16.3 Å². The Morgan fingerprint density at radius 1 is 0.896 bits per heavy atom. The van der Waals surface area contributed by atoms with Gasteiger partial charge < -0.3 is 30.1 Å². The Morgan fingerprint density at radius 2 is 1.56 bits per heavy atom. The lowest BCUT2D eigenvalue weighted by Crippen LogP contribution is -2.54. The maximum Gasteiger partial charge on any atom is 0.417 e. The third-order valence-electron chi connectivity index (χ3n) is 10.0. The molecule has 0 unspecified atom stereocenters. The van der Waals surface area contributed by atoms with Gasteiger partial charge in [-0.05, 0) is 61.4 Å². The lowest BCUT2D eigenvalue weighted by atomic mass is 10.00. The molecular formula is C34H42ClF3N6O4. The molecule has 0 aliphatic carbocycles. The summed E-state index contributed by atoms with van der Waals surface area (Å²) in [5.74, 6) is -0.367. The molecular weight excluding hydrogens is 649 g/mol. The predicted octanol–water partition coefficient (Wildman–Crippen LogP) is 4.86. The minimum atomic E-state index is -4.61. The van der Waals surface area contributed by atoms with E-state index in [-0.39, 0.29) is 24.4 Å². The van der Waals surface area contributed by atoms with Gasteiger partial charge in [-0.15, -0.1) is 0 Å². The van der Waals surface area contributed by atoms with Gasteiger partial charge in [-0.25, -0.2) is 9.59 Å². The number of rotatable bonds is 6. The molecule has 2 N–H and O–H groups in total. The van der Waals surface area contributed by atoms with Gasteiger partial charge in [0.1, 0.15) is 0 Å². The molecule has 0 saturated carbocycles. The summed E-state index contributed by atoms with van der Waals surface area (Å²) < 4.78 is 45.9. The molecule has 3 saturated heterocycles. The van der Waals surface area contributed by atoms with Crippen molar-refractivity contribution in [1.82, 2.24) is 24.9 Å². The second-order valence-corrected chi connectivity index (χ2v) is 13.4. The quantitative estimate of drug-likeness (QED) is 0.450. The highest BCUT2D eigenvalue weighted by molar-refractivity contribution is 6.31. The van der Waals surface area contributed by atoms with Gasteiger partial charge in [0.2, 0.25) is 0 Å². The number of amides is 4. The van der Waals surface area contributed by atoms with Crippen molar-refractivity contribution in [3.8, 4) is 0 Å². The van der Waals surface area contributed by atoms with E-state index in [9.17, 15) is 27.6 Å². The van der Waals surface area contributed by atoms with Crippen molar-refractivity contribution in [2.45, 2.75) is 62.9 Å². The number of likely N-dealkylation sites (tertiary alicyclic amines) is 2. The van der Waals surface area contributed by atoms with Crippen LogP contribution in [0.5, 0.6) is 0 Å². The van der Waals surface area contributed by atoms with E-state index >= 15 is 0 Å². The zero-order chi connectivity index (χ0) is 33.8. The first-order valence-electron chi connectivity index (χ1n) is 16.8. The average Bonchev–Trinajstić information content (AvgIpc) is 3.25. The largest absolute Gasteiger partial charge is 0.436 e. The minimum Gasteiger partial charge on any atom is -0.436 e. The van der Waals surface area contributed by atoms with Crippen molar-refractivity contribution >= 4 is 35.3 Å². The summed E-state index contributed by atoms with van der Waals surface area (Å²) in [6, 6.07) is 11.2. The van der Waals surface area contributed by atoms with Gasteiger partial charge in [0.25, 0.3) is 5.91 Å². The van der Waals surface area contributed by atoms with Crippen LogP contribution in [0.2, 0.25) is 5.02 Å². The van der Waals surface area contributed by atoms with Gasteiger partial charge in [-0.2, -0.15) is 13.2 Å². The van der Waals surface area contributed by atoms with E-state index in [1.165, 1.54) is 17.0 Å². The molecule has 0 bridgehead atoms. The molecule has 1 atom stereocenters. The summed E-state index contributed by atoms with van der Waals surface area (Å²) in [6.45, 7) is 6.03. The van der Waals surface area contributed by atoms with E-state index < -0.39 is 29.0 Å². The Morgan fingerprint density at radius 3 is 2.25 bits per heavy atom. The van der Waals surface area contributed by atoms with Crippen LogP contribution in [-0.4, -0.2) is 115 Å². The fourth-order valence-electron chi connectivity index (χ4n) is 7.31. The van der Waals surface area contributed by atoms with Gasteiger partial charge >= 0.3 is 18.3 Å². The van der Waals surface area contributed by atoms with Crippen molar-refractivity contribution in [3.05, 3.63) is 64.2 Å². The van der Waals surface area contributed by atoms with Crippen LogP contribution in [0.1, 0.15) is 42.4 Å². The first kappa shape index (κ1) is 34.3. The van der Waals surface area contributed by atoms with Crippen LogP contribution in [0.25, 0.3) is 0 Å². The minimum absolute atomic E-state index is 0.0629. The molecule has 2 aromatic rings. The van der Waals surface area contributed by atoms with Crippen molar-refractivity contribution in [2.24, 2.45) is 0 Å². The maximum absolute atomic E-state index is 13.9. The zero-order valence-electron chi connectivity index (χ0n) is 26.8. The normalized spacial score (nSPS) is 20.9. The van der Waals surface area contributed by atoms with Crippen LogP contribution in [-0.2, 0) is 28.5 Å². The van der Waals surface area contributed by atoms with E-state index in [1.807, 2.05) is 29.2 Å². The standard InChI is InChI=1S/C34H42ClF3N6O4/c35-28-21-23(5-6-27(28)34(36,37)38)22-30(31(45)42-14-8-25(9-15-42)41-19-12-39-13-20-41)48-33(47)43-16-10-26(11-17-43)44-18-7-24-3-1-2-4-29(24)40-32(44)46/h1-6,21,25-26,30,39H,7-20,22H2,(H,40,46)/t30-/m1/s1. The van der Waals surface area contributed by atoms with Crippen molar-refractivity contribution < 1.29 is 32.3 Å². The number of benzene rings is 2. The second kappa shape index (κ2) is 14.9. The van der Waals surface area contributed by atoms with Gasteiger partial charge in [0.15, 0.2) is 6.10 Å². The second-order valence-electron chi connectivity index (χ2n) is 13.0. The number of anilines is 1. The van der Waals surface area contributed by atoms with Gasteiger partial charge in [0.05, 0.1) is 10.6 Å². The van der Waals surface area contributed by atoms with E-state index in [0.717, 1.165) is 62.8 Å². The molecule has 3 fully saturated rings. The molecule has 4 heterocycles. The average molecular weight is 691 g/mol. The number of alkyl halides is 3. The van der Waals surface area contributed by atoms with Crippen LogP contribution >= 0.6 is 11.6 Å². The summed E-state index contributed by atoms with van der Waals surface area (Å²) in [6.07, 6.45) is -3.20. The number of para-hydroxylation sites is 1. The van der Waals surface area contributed by atoms with Crippen molar-refractivity contribution in [2.75, 3.05) is 64.2 Å². The SMILES string of the molecule is O=C(O[C@H](Cc1ccc(C(F)(F)F)c(Cl)c1)C(=O)N1CCC(N2CCNCC2)CC1)N1CCC(N2CCc3ccccc3NC2=O)CC1. The topological polar surface area (TPSA) is 97.5 Å². The van der Waals surface area contributed by atoms with Crippen LogP contribution in [0.3, 0.4) is 0 Å². The first-order chi connectivity index (χ1) is 23.1. The monoisotopic (exact) mass is 690 g/mol. The van der Waals surface area contributed by atoms with Crippen LogP contribution in [0, 0.1) is 0 Å². The summed E-state index contributed by atoms with van der Waals surface area (Å²) >= 11 is 5.99. The molecule has 4 amide bonds. The molecule has 0 radical (unpaired) electrons. The summed E-state index contributed by atoms with van der Waals surface area (Å²) in [4.78, 5) is 47.9. The van der Waals surface area contributed by atoms with Gasteiger partial charge in [-0.1, -0.05) is 35.9 Å². The number of nitrogens with one attached hydrogen (secondary N) is 2. The highest BCUT2D eigenvalue weighted by Crippen LogP contribution is 2.35. The predicted molar refractivity (Wildman–Crippen MR) is 175 cm³/mol. The van der Waals surface area contributed by atoms with E-state index in [0.29, 0.717) is 57.2 Å². The number of hydrogen-bond acceptors (Lipinski definition) is 6. The number of halogens is 4. The lowest BCUT2D eigenvalue weighted by molar-refractivity contribution is -0.142. The molecule has 48 heavy (non-hydrogen) atoms. The Kier molecular flexibility index (Phi) is 10.7. The Hall–Kier alpha value is -3.55. The number of fused-ring (bicyclic) bond motifs is 1. The molecule has 4 aliphatic rings. The van der Waals surface area contributed by atoms with Crippen LogP contribution in [0.4, 0.5) is 28.4 Å². The molecule has 0 aromatic heterocycles.